The van der Waals surface area contributed by atoms with E-state index in [2.05, 4.69) is 10.6 Å². The summed E-state index contributed by atoms with van der Waals surface area (Å²) in [4.78, 5) is 25.1. The van der Waals surface area contributed by atoms with Gasteiger partial charge in [-0.25, -0.2) is 4.79 Å². The highest BCUT2D eigenvalue weighted by Crippen LogP contribution is 2.38. The number of hydrogen-bond donors (Lipinski definition) is 3. The van der Waals surface area contributed by atoms with Crippen molar-refractivity contribution in [1.82, 2.24) is 10.6 Å². The topological polar surface area (TPSA) is 78.4 Å². The van der Waals surface area contributed by atoms with Gasteiger partial charge in [0, 0.05) is 28.5 Å². The molecule has 2 aromatic carbocycles. The van der Waals surface area contributed by atoms with Crippen LogP contribution in [0.5, 0.6) is 0 Å². The van der Waals surface area contributed by atoms with E-state index in [-0.39, 0.29) is 11.5 Å². The van der Waals surface area contributed by atoms with Crippen LogP contribution < -0.4 is 10.6 Å². The van der Waals surface area contributed by atoms with Crippen LogP contribution in [0.3, 0.4) is 0 Å². The summed E-state index contributed by atoms with van der Waals surface area (Å²) in [6, 6.07) is 16.7. The Morgan fingerprint density at radius 2 is 1.77 bits per heavy atom. The number of nitrogens with one attached hydrogen (secondary N) is 2. The maximum absolute atomic E-state index is 13.1. The van der Waals surface area contributed by atoms with Crippen molar-refractivity contribution in [2.45, 2.75) is 19.8 Å². The Labute approximate surface area is 180 Å². The lowest BCUT2D eigenvalue weighted by molar-refractivity contribution is -0.133. The zero-order chi connectivity index (χ0) is 21.7. The summed E-state index contributed by atoms with van der Waals surface area (Å²) >= 11 is 6.15. The molecule has 1 aliphatic heterocycles. The van der Waals surface area contributed by atoms with E-state index in [4.69, 9.17) is 11.6 Å². The number of dihydropyridines is 1. The number of carboxylic acid groups (broad SMARTS) is 1. The van der Waals surface area contributed by atoms with E-state index < -0.39 is 11.9 Å². The smallest absolute Gasteiger partial charge is 0.334 e. The van der Waals surface area contributed by atoms with Crippen LogP contribution in [-0.2, 0) is 9.59 Å². The average Bonchev–Trinajstić information content (AvgIpc) is 2.71. The third-order valence-electron chi connectivity index (χ3n) is 4.91. The van der Waals surface area contributed by atoms with Crippen LogP contribution in [0.15, 0.2) is 83.2 Å². The molecule has 154 valence electrons. The molecule has 2 aromatic rings. The summed E-state index contributed by atoms with van der Waals surface area (Å²) in [7, 11) is 0. The van der Waals surface area contributed by atoms with E-state index in [0.29, 0.717) is 34.1 Å². The molecule has 30 heavy (non-hydrogen) atoms. The molecule has 5 nitrogen and oxygen atoms in total. The van der Waals surface area contributed by atoms with Crippen LogP contribution in [0.25, 0.3) is 6.08 Å². The maximum atomic E-state index is 13.1. The van der Waals surface area contributed by atoms with E-state index in [9.17, 15) is 14.7 Å². The molecule has 1 amide bonds. The molecule has 0 bridgehead atoms. The lowest BCUT2D eigenvalue weighted by Gasteiger charge is -2.30. The van der Waals surface area contributed by atoms with Crippen molar-refractivity contribution in [3.8, 4) is 0 Å². The van der Waals surface area contributed by atoms with Gasteiger partial charge in [-0.15, -0.1) is 0 Å². The number of carbonyl (C=O) groups is 2. The fraction of sp³-hybridized carbons (Fsp3) is 0.167. The zero-order valence-corrected chi connectivity index (χ0v) is 17.5. The molecule has 0 saturated carbocycles. The minimum atomic E-state index is -1.08. The zero-order valence-electron chi connectivity index (χ0n) is 16.8. The fourth-order valence-electron chi connectivity index (χ4n) is 3.60. The van der Waals surface area contributed by atoms with Gasteiger partial charge in [-0.2, -0.15) is 0 Å². The van der Waals surface area contributed by atoms with Gasteiger partial charge in [0.1, 0.15) is 0 Å². The monoisotopic (exact) mass is 422 g/mol. The Morgan fingerprint density at radius 1 is 1.07 bits per heavy atom. The molecule has 3 rings (SSSR count). The van der Waals surface area contributed by atoms with Gasteiger partial charge >= 0.3 is 5.97 Å². The Bertz CT molecular complexity index is 1060. The third-order valence-corrected chi connectivity index (χ3v) is 5.14. The van der Waals surface area contributed by atoms with Gasteiger partial charge in [0.05, 0.1) is 11.5 Å². The lowest BCUT2D eigenvalue weighted by Crippen LogP contribution is -2.36. The van der Waals surface area contributed by atoms with Crippen molar-refractivity contribution in [3.63, 3.8) is 0 Å². The molecule has 1 heterocycles. The van der Waals surface area contributed by atoms with E-state index in [1.54, 1.807) is 38.1 Å². The summed E-state index contributed by atoms with van der Waals surface area (Å²) in [6.45, 7) is 3.79. The van der Waals surface area contributed by atoms with Gasteiger partial charge in [-0.1, -0.05) is 66.2 Å². The minimum absolute atomic E-state index is 0.132. The van der Waals surface area contributed by atoms with Gasteiger partial charge in [-0.05, 0) is 37.1 Å². The number of amides is 1. The van der Waals surface area contributed by atoms with E-state index in [0.717, 1.165) is 5.56 Å². The number of carbonyl (C=O) groups excluding carboxylic acids is 1. The Morgan fingerprint density at radius 3 is 2.43 bits per heavy atom. The van der Waals surface area contributed by atoms with Gasteiger partial charge < -0.3 is 15.7 Å². The van der Waals surface area contributed by atoms with Crippen LogP contribution in [0, 0.1) is 0 Å². The van der Waals surface area contributed by atoms with Gasteiger partial charge in [0.15, 0.2) is 0 Å². The van der Waals surface area contributed by atoms with Crippen molar-refractivity contribution < 1.29 is 14.7 Å². The van der Waals surface area contributed by atoms with Gasteiger partial charge in [0.25, 0.3) is 0 Å². The quantitative estimate of drug-likeness (QED) is 0.641. The normalized spacial score (nSPS) is 16.6. The first-order chi connectivity index (χ1) is 14.4. The molecule has 0 saturated heterocycles. The molecule has 6 heteroatoms. The van der Waals surface area contributed by atoms with Gasteiger partial charge in [0.2, 0.25) is 5.91 Å². The predicted molar refractivity (Wildman–Crippen MR) is 119 cm³/mol. The Balaban J connectivity index is 1.88. The Kier molecular flexibility index (Phi) is 6.75. The molecule has 1 unspecified atom stereocenters. The highest BCUT2D eigenvalue weighted by Gasteiger charge is 2.36. The van der Waals surface area contributed by atoms with Gasteiger partial charge in [-0.3, -0.25) is 4.79 Å². The van der Waals surface area contributed by atoms with Crippen LogP contribution in [0.2, 0.25) is 5.02 Å². The van der Waals surface area contributed by atoms with Crippen LogP contribution in [0.1, 0.15) is 30.9 Å². The maximum Gasteiger partial charge on any atom is 0.334 e. The SMILES string of the molecule is CC1=C(C(=O)O)C(c2cccc(Cl)c2)C(C(=O)NC/C=C/c2ccccc2)=C(C)N1. The standard InChI is InChI=1S/C24H23ClN2O3/c1-15-20(23(28)26-13-7-10-17-8-4-3-5-9-17)22(18-11-6-12-19(25)14-18)21(24(29)30)16(2)27-15/h3-12,14,22,27H,13H2,1-2H3,(H,26,28)(H,29,30)/b10-7+. The lowest BCUT2D eigenvalue weighted by atomic mass is 9.80. The Hall–Kier alpha value is -3.31. The number of rotatable bonds is 6. The average molecular weight is 423 g/mol. The summed E-state index contributed by atoms with van der Waals surface area (Å²) in [5.41, 5.74) is 3.31. The van der Waals surface area contributed by atoms with Crippen molar-refractivity contribution in [1.29, 1.82) is 0 Å². The highest BCUT2D eigenvalue weighted by atomic mass is 35.5. The third kappa shape index (κ3) is 4.81. The van der Waals surface area contributed by atoms with Crippen molar-refractivity contribution in [3.05, 3.63) is 99.4 Å². The second-order valence-corrected chi connectivity index (χ2v) is 7.46. The second-order valence-electron chi connectivity index (χ2n) is 7.02. The molecule has 1 atom stereocenters. The summed E-state index contributed by atoms with van der Waals surface area (Å²) in [5, 5.41) is 16.2. The first-order valence-corrected chi connectivity index (χ1v) is 9.93. The minimum Gasteiger partial charge on any atom is -0.478 e. The summed E-state index contributed by atoms with van der Waals surface area (Å²) in [6.07, 6.45) is 3.77. The van der Waals surface area contributed by atoms with Crippen molar-refractivity contribution in [2.24, 2.45) is 0 Å². The van der Waals surface area contributed by atoms with E-state index >= 15 is 0 Å². The van der Waals surface area contributed by atoms with E-state index in [1.807, 2.05) is 42.5 Å². The molecular weight excluding hydrogens is 400 g/mol. The first kappa shape index (κ1) is 21.4. The summed E-state index contributed by atoms with van der Waals surface area (Å²) < 4.78 is 0. The molecular formula is C24H23ClN2O3. The van der Waals surface area contributed by atoms with Crippen LogP contribution in [-0.4, -0.2) is 23.5 Å². The van der Waals surface area contributed by atoms with Crippen LogP contribution in [0.4, 0.5) is 0 Å². The molecule has 1 aliphatic rings. The number of halogens is 1. The number of carboxylic acids is 1. The molecule has 0 aliphatic carbocycles. The molecule has 0 spiro atoms. The number of benzene rings is 2. The predicted octanol–water partition coefficient (Wildman–Crippen LogP) is 4.49. The molecule has 0 fully saturated rings. The number of aliphatic carboxylic acids is 1. The largest absolute Gasteiger partial charge is 0.478 e. The second kappa shape index (κ2) is 9.46. The van der Waals surface area contributed by atoms with Crippen LogP contribution >= 0.6 is 11.6 Å². The van der Waals surface area contributed by atoms with Crippen molar-refractivity contribution >= 4 is 29.6 Å². The number of hydrogen-bond acceptors (Lipinski definition) is 3. The number of allylic oxidation sites excluding steroid dienone is 2. The fourth-order valence-corrected chi connectivity index (χ4v) is 3.80. The molecule has 0 aromatic heterocycles. The summed E-state index contributed by atoms with van der Waals surface area (Å²) in [5.74, 6) is -2.12. The first-order valence-electron chi connectivity index (χ1n) is 9.55. The molecule has 3 N–H and O–H groups in total. The highest BCUT2D eigenvalue weighted by molar-refractivity contribution is 6.30. The van der Waals surface area contributed by atoms with E-state index in [1.165, 1.54) is 0 Å². The molecule has 0 radical (unpaired) electrons. The van der Waals surface area contributed by atoms with Crippen molar-refractivity contribution in [2.75, 3.05) is 6.54 Å².